The number of nitrogens with zero attached hydrogens (tertiary/aromatic N) is 1. The number of carbonyl (C=O) groups excluding carboxylic acids is 1. The van der Waals surface area contributed by atoms with Crippen molar-refractivity contribution in [2.24, 2.45) is 4.99 Å². The van der Waals surface area contributed by atoms with Gasteiger partial charge in [-0.2, -0.15) is 0 Å². The van der Waals surface area contributed by atoms with Gasteiger partial charge < -0.3 is 14.2 Å². The second-order valence-corrected chi connectivity index (χ2v) is 8.75. The molecule has 0 fully saturated rings. The normalized spacial score (nSPS) is 14.4. The van der Waals surface area contributed by atoms with Crippen LogP contribution in [-0.4, -0.2) is 19.0 Å². The van der Waals surface area contributed by atoms with Crippen molar-refractivity contribution in [3.05, 3.63) is 97.2 Å². The van der Waals surface area contributed by atoms with E-state index in [4.69, 9.17) is 14.2 Å². The maximum Gasteiger partial charge on any atom is 0.363 e. The topological polar surface area (TPSA) is 57.1 Å². The molecule has 3 aromatic carbocycles. The second kappa shape index (κ2) is 9.65. The van der Waals surface area contributed by atoms with E-state index in [9.17, 15) is 4.79 Å². The van der Waals surface area contributed by atoms with Crippen LogP contribution in [0.1, 0.15) is 16.7 Å². The molecule has 156 valence electrons. The summed E-state index contributed by atoms with van der Waals surface area (Å²) < 4.78 is 18.6. The highest BCUT2D eigenvalue weighted by atomic mass is 127. The summed E-state index contributed by atoms with van der Waals surface area (Å²) in [5.74, 6) is 0.936. The van der Waals surface area contributed by atoms with E-state index in [1.807, 2.05) is 60.7 Å². The number of esters is 1. The van der Waals surface area contributed by atoms with E-state index in [0.717, 1.165) is 20.3 Å². The molecule has 5 nitrogen and oxygen atoms in total. The summed E-state index contributed by atoms with van der Waals surface area (Å²) in [7, 11) is 1.57. The summed E-state index contributed by atoms with van der Waals surface area (Å²) in [5, 5.41) is 0. The Balaban J connectivity index is 1.59. The van der Waals surface area contributed by atoms with Crippen LogP contribution in [0.15, 0.2) is 81.9 Å². The Labute approximate surface area is 202 Å². The molecule has 0 spiro atoms. The van der Waals surface area contributed by atoms with Crippen LogP contribution >= 0.6 is 38.5 Å². The molecule has 1 heterocycles. The molecule has 3 aromatic rings. The molecule has 0 unspecified atom stereocenters. The molecule has 4 rings (SSSR count). The van der Waals surface area contributed by atoms with Crippen molar-refractivity contribution in [2.75, 3.05) is 7.11 Å². The van der Waals surface area contributed by atoms with Gasteiger partial charge in [-0.15, -0.1) is 0 Å². The molecule has 0 bridgehead atoms. The number of carbonyl (C=O) groups is 1. The lowest BCUT2D eigenvalue weighted by Gasteiger charge is -2.13. The fraction of sp³-hybridized carbons (Fsp3) is 0.0833. The van der Waals surface area contributed by atoms with Crippen molar-refractivity contribution in [2.45, 2.75) is 6.61 Å². The summed E-state index contributed by atoms with van der Waals surface area (Å²) in [6, 6.07) is 21.1. The van der Waals surface area contributed by atoms with Crippen LogP contribution in [-0.2, 0) is 16.1 Å². The number of rotatable bonds is 6. The number of hydrogen-bond donors (Lipinski definition) is 0. The van der Waals surface area contributed by atoms with E-state index in [1.165, 1.54) is 0 Å². The van der Waals surface area contributed by atoms with Gasteiger partial charge in [-0.05, 0) is 92.1 Å². The zero-order valence-corrected chi connectivity index (χ0v) is 20.2. The first-order chi connectivity index (χ1) is 15.0. The number of halogens is 2. The van der Waals surface area contributed by atoms with Gasteiger partial charge in [0, 0.05) is 9.13 Å². The standard InChI is InChI=1S/C24H17BrINO4/c1-29-21-13-16(11-19(25)22(21)30-14-15-5-3-2-4-6-15)12-20-24(28)31-23(27-20)17-7-9-18(26)10-8-17/h2-13H,14H2,1H3/b20-12-. The number of benzene rings is 3. The molecule has 1 aliphatic heterocycles. The fourth-order valence-electron chi connectivity index (χ4n) is 2.98. The smallest absolute Gasteiger partial charge is 0.363 e. The van der Waals surface area contributed by atoms with Gasteiger partial charge in [-0.25, -0.2) is 9.79 Å². The van der Waals surface area contributed by atoms with Gasteiger partial charge in [-0.1, -0.05) is 30.3 Å². The molecular formula is C24H17BrINO4. The maximum absolute atomic E-state index is 12.3. The van der Waals surface area contributed by atoms with E-state index >= 15 is 0 Å². The third-order valence-electron chi connectivity index (χ3n) is 4.49. The summed E-state index contributed by atoms with van der Waals surface area (Å²) >= 11 is 5.76. The Morgan fingerprint density at radius 3 is 2.55 bits per heavy atom. The summed E-state index contributed by atoms with van der Waals surface area (Å²) in [5.41, 5.74) is 2.75. The van der Waals surface area contributed by atoms with Crippen LogP contribution in [0.5, 0.6) is 11.5 Å². The first kappa shape index (κ1) is 21.6. The van der Waals surface area contributed by atoms with E-state index in [1.54, 1.807) is 19.3 Å². The Morgan fingerprint density at radius 1 is 1.10 bits per heavy atom. The van der Waals surface area contributed by atoms with E-state index in [-0.39, 0.29) is 5.70 Å². The van der Waals surface area contributed by atoms with Crippen molar-refractivity contribution in [1.82, 2.24) is 0 Å². The van der Waals surface area contributed by atoms with Crippen molar-refractivity contribution in [1.29, 1.82) is 0 Å². The van der Waals surface area contributed by atoms with Crippen molar-refractivity contribution < 1.29 is 19.0 Å². The van der Waals surface area contributed by atoms with E-state index < -0.39 is 5.97 Å². The number of methoxy groups -OCH3 is 1. The van der Waals surface area contributed by atoms with Gasteiger partial charge in [-0.3, -0.25) is 0 Å². The zero-order chi connectivity index (χ0) is 21.8. The Hall–Kier alpha value is -2.65. The fourth-order valence-corrected chi connectivity index (χ4v) is 3.91. The van der Waals surface area contributed by atoms with Gasteiger partial charge in [0.2, 0.25) is 5.90 Å². The van der Waals surface area contributed by atoms with Crippen LogP contribution in [0.3, 0.4) is 0 Å². The summed E-state index contributed by atoms with van der Waals surface area (Å²) in [4.78, 5) is 16.7. The minimum atomic E-state index is -0.493. The van der Waals surface area contributed by atoms with Crippen LogP contribution < -0.4 is 9.47 Å². The molecule has 0 radical (unpaired) electrons. The molecule has 0 saturated carbocycles. The molecule has 1 aliphatic rings. The number of hydrogen-bond acceptors (Lipinski definition) is 5. The van der Waals surface area contributed by atoms with E-state index in [0.29, 0.717) is 28.5 Å². The van der Waals surface area contributed by atoms with Crippen molar-refractivity contribution >= 4 is 56.5 Å². The predicted molar refractivity (Wildman–Crippen MR) is 131 cm³/mol. The second-order valence-electron chi connectivity index (χ2n) is 6.65. The molecule has 0 aromatic heterocycles. The van der Waals surface area contributed by atoms with Gasteiger partial charge in [0.25, 0.3) is 0 Å². The first-order valence-electron chi connectivity index (χ1n) is 9.36. The average Bonchev–Trinajstić information content (AvgIpc) is 3.14. The molecular weight excluding hydrogens is 573 g/mol. The summed E-state index contributed by atoms with van der Waals surface area (Å²) in [6.07, 6.45) is 1.66. The third-order valence-corrected chi connectivity index (χ3v) is 5.80. The third kappa shape index (κ3) is 5.16. The Kier molecular flexibility index (Phi) is 6.72. The molecule has 0 N–H and O–H groups in total. The highest BCUT2D eigenvalue weighted by Gasteiger charge is 2.24. The lowest BCUT2D eigenvalue weighted by Crippen LogP contribution is -2.05. The molecule has 0 atom stereocenters. The Morgan fingerprint density at radius 2 is 1.84 bits per heavy atom. The van der Waals surface area contributed by atoms with Gasteiger partial charge in [0.05, 0.1) is 11.6 Å². The van der Waals surface area contributed by atoms with E-state index in [2.05, 4.69) is 43.5 Å². The summed E-state index contributed by atoms with van der Waals surface area (Å²) in [6.45, 7) is 0.409. The Bertz CT molecular complexity index is 1170. The molecule has 0 amide bonds. The molecule has 31 heavy (non-hydrogen) atoms. The lowest BCUT2D eigenvalue weighted by molar-refractivity contribution is -0.129. The minimum absolute atomic E-state index is 0.223. The SMILES string of the molecule is COc1cc(/C=C2\N=C(c3ccc(I)cc3)OC2=O)cc(Br)c1OCc1ccccc1. The number of aliphatic imine (C=N–C) groups is 1. The largest absolute Gasteiger partial charge is 0.493 e. The number of ether oxygens (including phenoxy) is 3. The number of cyclic esters (lactones) is 1. The quantitative estimate of drug-likeness (QED) is 0.201. The zero-order valence-electron chi connectivity index (χ0n) is 16.5. The van der Waals surface area contributed by atoms with Crippen molar-refractivity contribution in [3.8, 4) is 11.5 Å². The molecule has 7 heteroatoms. The van der Waals surface area contributed by atoms with Crippen LogP contribution in [0, 0.1) is 3.57 Å². The average molecular weight is 590 g/mol. The van der Waals surface area contributed by atoms with Gasteiger partial charge >= 0.3 is 5.97 Å². The highest BCUT2D eigenvalue weighted by molar-refractivity contribution is 14.1. The monoisotopic (exact) mass is 589 g/mol. The van der Waals surface area contributed by atoms with Crippen LogP contribution in [0.25, 0.3) is 6.08 Å². The van der Waals surface area contributed by atoms with Crippen LogP contribution in [0.2, 0.25) is 0 Å². The lowest BCUT2D eigenvalue weighted by atomic mass is 10.1. The van der Waals surface area contributed by atoms with Gasteiger partial charge in [0.15, 0.2) is 17.2 Å². The molecule has 0 aliphatic carbocycles. The minimum Gasteiger partial charge on any atom is -0.493 e. The highest BCUT2D eigenvalue weighted by Crippen LogP contribution is 2.38. The van der Waals surface area contributed by atoms with Crippen molar-refractivity contribution in [3.63, 3.8) is 0 Å². The molecule has 0 saturated heterocycles. The predicted octanol–water partition coefficient (Wildman–Crippen LogP) is 5.99. The van der Waals surface area contributed by atoms with Gasteiger partial charge in [0.1, 0.15) is 6.61 Å². The van der Waals surface area contributed by atoms with Crippen LogP contribution in [0.4, 0.5) is 0 Å². The first-order valence-corrected chi connectivity index (χ1v) is 11.2. The maximum atomic E-state index is 12.3.